The van der Waals surface area contributed by atoms with Crippen molar-refractivity contribution in [2.45, 2.75) is 43.6 Å². The van der Waals surface area contributed by atoms with Gasteiger partial charge in [0.05, 0.1) is 0 Å². The fourth-order valence-corrected chi connectivity index (χ4v) is 2.09. The van der Waals surface area contributed by atoms with E-state index < -0.39 is 45.2 Å². The van der Waals surface area contributed by atoms with Crippen molar-refractivity contribution < 1.29 is 36.2 Å². The number of carbonyl (C=O) groups excluding carboxylic acids is 1. The molecule has 5 nitrogen and oxygen atoms in total. The summed E-state index contributed by atoms with van der Waals surface area (Å²) >= 11 is 0. The van der Waals surface area contributed by atoms with Crippen LogP contribution >= 0.6 is 0 Å². The number of esters is 1. The molecule has 0 rings (SSSR count). The van der Waals surface area contributed by atoms with Crippen molar-refractivity contribution in [3.63, 3.8) is 0 Å². The molecule has 0 bridgehead atoms. The van der Waals surface area contributed by atoms with Crippen LogP contribution in [0.3, 0.4) is 0 Å². The summed E-state index contributed by atoms with van der Waals surface area (Å²) in [5, 5.41) is 6.13. The lowest BCUT2D eigenvalue weighted by Gasteiger charge is -2.24. The summed E-state index contributed by atoms with van der Waals surface area (Å²) < 4.78 is 63.8. The van der Waals surface area contributed by atoms with Crippen LogP contribution in [0.5, 0.6) is 0 Å². The Bertz CT molecular complexity index is 393. The van der Waals surface area contributed by atoms with Crippen molar-refractivity contribution in [1.82, 2.24) is 0 Å². The molecule has 0 saturated heterocycles. The van der Waals surface area contributed by atoms with Gasteiger partial charge < -0.3 is 9.84 Å². The third-order valence-corrected chi connectivity index (χ3v) is 3.58. The number of aliphatic hydroxyl groups is 1. The van der Waals surface area contributed by atoms with Gasteiger partial charge in [0.2, 0.25) is 0 Å². The van der Waals surface area contributed by atoms with Gasteiger partial charge in [-0.1, -0.05) is 0 Å². The molecule has 9 heteroatoms. The zero-order valence-corrected chi connectivity index (χ0v) is 10.9. The number of sulfone groups is 1. The van der Waals surface area contributed by atoms with Crippen LogP contribution in [0.1, 0.15) is 27.2 Å². The SMILES string of the molecule is CC(C)(C)OC(=O)[C@@H](CCO)S(=O)(=O)C(F)(F)F. The van der Waals surface area contributed by atoms with Crippen LogP contribution in [0.25, 0.3) is 0 Å². The van der Waals surface area contributed by atoms with Gasteiger partial charge in [0.15, 0.2) is 5.25 Å². The van der Waals surface area contributed by atoms with Crippen LogP contribution in [0.15, 0.2) is 0 Å². The zero-order valence-electron chi connectivity index (χ0n) is 10.1. The van der Waals surface area contributed by atoms with E-state index in [2.05, 4.69) is 4.74 Å². The summed E-state index contributed by atoms with van der Waals surface area (Å²) in [4.78, 5) is 11.4. The zero-order chi connectivity index (χ0) is 14.8. The molecule has 18 heavy (non-hydrogen) atoms. The number of carbonyl (C=O) groups is 1. The largest absolute Gasteiger partial charge is 0.498 e. The molecule has 0 fully saturated rings. The van der Waals surface area contributed by atoms with Gasteiger partial charge in [-0.15, -0.1) is 0 Å². The predicted molar refractivity (Wildman–Crippen MR) is 56.3 cm³/mol. The Morgan fingerprint density at radius 1 is 1.28 bits per heavy atom. The molecule has 1 N–H and O–H groups in total. The minimum absolute atomic E-state index is 0.864. The van der Waals surface area contributed by atoms with E-state index in [1.165, 1.54) is 20.8 Å². The first-order valence-corrected chi connectivity index (χ1v) is 6.51. The number of rotatable bonds is 4. The third-order valence-electron chi connectivity index (χ3n) is 1.76. The maximum atomic E-state index is 12.3. The molecule has 0 aliphatic carbocycles. The average molecular weight is 292 g/mol. The van der Waals surface area contributed by atoms with Crippen LogP contribution in [-0.2, 0) is 19.4 Å². The first-order chi connectivity index (χ1) is 7.83. The average Bonchev–Trinajstić information content (AvgIpc) is 2.08. The molecule has 0 heterocycles. The lowest BCUT2D eigenvalue weighted by atomic mass is 10.2. The van der Waals surface area contributed by atoms with E-state index >= 15 is 0 Å². The Morgan fingerprint density at radius 3 is 2.00 bits per heavy atom. The Kier molecular flexibility index (Phi) is 5.18. The number of ether oxygens (including phenoxy) is 1. The standard InChI is InChI=1S/C9H15F3O5S/c1-8(2,3)17-7(14)6(4-5-13)18(15,16)9(10,11)12/h6,13H,4-5H2,1-3H3/t6-/m1/s1. The lowest BCUT2D eigenvalue weighted by molar-refractivity contribution is -0.155. The van der Waals surface area contributed by atoms with E-state index in [1.807, 2.05) is 0 Å². The van der Waals surface area contributed by atoms with Gasteiger partial charge in [-0.2, -0.15) is 13.2 Å². The first-order valence-electron chi connectivity index (χ1n) is 4.97. The number of alkyl halides is 3. The highest BCUT2D eigenvalue weighted by molar-refractivity contribution is 7.93. The lowest BCUT2D eigenvalue weighted by Crippen LogP contribution is -2.43. The molecule has 0 aromatic rings. The van der Waals surface area contributed by atoms with Crippen LogP contribution in [0.4, 0.5) is 13.2 Å². The van der Waals surface area contributed by atoms with Gasteiger partial charge in [0, 0.05) is 6.61 Å². The second-order valence-corrected chi connectivity index (χ2v) is 6.65. The smallest absolute Gasteiger partial charge is 0.459 e. The molecular formula is C9H15F3O5S. The van der Waals surface area contributed by atoms with Gasteiger partial charge in [-0.05, 0) is 27.2 Å². The van der Waals surface area contributed by atoms with Crippen LogP contribution in [0.2, 0.25) is 0 Å². The van der Waals surface area contributed by atoms with Crippen molar-refractivity contribution >= 4 is 15.8 Å². The second-order valence-electron chi connectivity index (χ2n) is 4.53. The Morgan fingerprint density at radius 2 is 1.72 bits per heavy atom. The van der Waals surface area contributed by atoms with Crippen molar-refractivity contribution in [2.75, 3.05) is 6.61 Å². The maximum Gasteiger partial charge on any atom is 0.498 e. The Labute approximate surface area is 103 Å². The third kappa shape index (κ3) is 4.45. The molecule has 0 aliphatic heterocycles. The molecule has 0 spiro atoms. The molecule has 1 atom stereocenters. The van der Waals surface area contributed by atoms with E-state index in [4.69, 9.17) is 5.11 Å². The minimum atomic E-state index is -5.71. The van der Waals surface area contributed by atoms with E-state index in [0.29, 0.717) is 0 Å². The summed E-state index contributed by atoms with van der Waals surface area (Å²) in [5.74, 6) is -1.52. The summed E-state index contributed by atoms with van der Waals surface area (Å²) in [6, 6.07) is 0. The molecule has 0 saturated carbocycles. The van der Waals surface area contributed by atoms with Crippen molar-refractivity contribution in [3.8, 4) is 0 Å². The van der Waals surface area contributed by atoms with Gasteiger partial charge in [0.1, 0.15) is 5.60 Å². The highest BCUT2D eigenvalue weighted by atomic mass is 32.2. The summed E-state index contributed by atoms with van der Waals surface area (Å²) in [7, 11) is -5.71. The number of aliphatic hydroxyl groups excluding tert-OH is 1. The molecule has 0 radical (unpaired) electrons. The van der Waals surface area contributed by atoms with Crippen molar-refractivity contribution in [2.24, 2.45) is 0 Å². The Hall–Kier alpha value is -0.830. The molecule has 0 aromatic heterocycles. The Balaban J connectivity index is 5.29. The van der Waals surface area contributed by atoms with Crippen LogP contribution in [-0.4, -0.2) is 42.5 Å². The first kappa shape index (κ1) is 17.2. The molecule has 108 valence electrons. The van der Waals surface area contributed by atoms with Crippen molar-refractivity contribution in [1.29, 1.82) is 0 Å². The van der Waals surface area contributed by atoms with Crippen molar-refractivity contribution in [3.05, 3.63) is 0 Å². The van der Waals surface area contributed by atoms with Crippen LogP contribution in [0, 0.1) is 0 Å². The van der Waals surface area contributed by atoms with E-state index in [0.717, 1.165) is 0 Å². The molecule has 0 amide bonds. The highest BCUT2D eigenvalue weighted by Gasteiger charge is 2.54. The topological polar surface area (TPSA) is 80.7 Å². The second kappa shape index (κ2) is 5.43. The van der Waals surface area contributed by atoms with Crippen LogP contribution < -0.4 is 0 Å². The quantitative estimate of drug-likeness (QED) is 0.782. The monoisotopic (exact) mass is 292 g/mol. The molecule has 0 unspecified atom stereocenters. The summed E-state index contributed by atoms with van der Waals surface area (Å²) in [5.41, 5.74) is -6.68. The molecule has 0 aromatic carbocycles. The van der Waals surface area contributed by atoms with Gasteiger partial charge >= 0.3 is 11.5 Å². The predicted octanol–water partition coefficient (Wildman–Crippen LogP) is 1.01. The fraction of sp³-hybridized carbons (Fsp3) is 0.889. The van der Waals surface area contributed by atoms with Gasteiger partial charge in [0.25, 0.3) is 9.84 Å². The molecule has 0 aliphatic rings. The number of hydrogen-bond acceptors (Lipinski definition) is 5. The van der Waals surface area contributed by atoms with Gasteiger partial charge in [-0.3, -0.25) is 4.79 Å². The van der Waals surface area contributed by atoms with E-state index in [9.17, 15) is 26.4 Å². The van der Waals surface area contributed by atoms with E-state index in [1.54, 1.807) is 0 Å². The fourth-order valence-electron chi connectivity index (χ4n) is 1.05. The van der Waals surface area contributed by atoms with Gasteiger partial charge in [-0.25, -0.2) is 8.42 Å². The maximum absolute atomic E-state index is 12.3. The summed E-state index contributed by atoms with van der Waals surface area (Å²) in [6.45, 7) is 3.29. The van der Waals surface area contributed by atoms with E-state index in [-0.39, 0.29) is 0 Å². The molecular weight excluding hydrogens is 277 g/mol. The minimum Gasteiger partial charge on any atom is -0.459 e. The summed E-state index contributed by atoms with van der Waals surface area (Å²) in [6.07, 6.45) is -0.864. The number of hydrogen-bond donors (Lipinski definition) is 1. The normalized spacial score (nSPS) is 15.3. The highest BCUT2D eigenvalue weighted by Crippen LogP contribution is 2.30. The number of halogens is 3.